The van der Waals surface area contributed by atoms with Crippen LogP contribution in [0.5, 0.6) is 34.5 Å². The SMILES string of the molecule is CC(c1ccc(O)cc1)c1ccc(OCC(O)COc2ccc(C(C)C(C)c3ccc(OCC(O)COc4ccc(C(C)c5ccc(O)cc5)cc4)cc3)cc2)cc1. The van der Waals surface area contributed by atoms with E-state index in [1.807, 2.05) is 97.1 Å². The number of benzene rings is 6. The number of phenols is 2. The van der Waals surface area contributed by atoms with E-state index in [1.165, 1.54) is 11.1 Å². The Morgan fingerprint density at radius 2 is 0.534 bits per heavy atom. The van der Waals surface area contributed by atoms with E-state index >= 15 is 0 Å². The summed E-state index contributed by atoms with van der Waals surface area (Å²) in [6.07, 6.45) is -1.59. The van der Waals surface area contributed by atoms with Gasteiger partial charge in [0.2, 0.25) is 0 Å². The third kappa shape index (κ3) is 11.6. The van der Waals surface area contributed by atoms with Crippen molar-refractivity contribution in [3.63, 3.8) is 0 Å². The molecule has 0 amide bonds. The van der Waals surface area contributed by atoms with Gasteiger partial charge in [-0.25, -0.2) is 0 Å². The molecule has 0 spiro atoms. The van der Waals surface area contributed by atoms with Crippen molar-refractivity contribution in [3.8, 4) is 34.5 Å². The Kier molecular flexibility index (Phi) is 14.3. The van der Waals surface area contributed by atoms with Gasteiger partial charge in [-0.1, -0.05) is 100 Å². The Morgan fingerprint density at radius 3 is 0.776 bits per heavy atom. The van der Waals surface area contributed by atoms with Crippen molar-refractivity contribution in [2.75, 3.05) is 26.4 Å². The van der Waals surface area contributed by atoms with E-state index in [4.69, 9.17) is 18.9 Å². The van der Waals surface area contributed by atoms with Gasteiger partial charge in [0.25, 0.3) is 0 Å². The zero-order chi connectivity index (χ0) is 41.0. The number of hydrogen-bond acceptors (Lipinski definition) is 8. The summed E-state index contributed by atoms with van der Waals surface area (Å²) in [5.41, 5.74) is 6.84. The van der Waals surface area contributed by atoms with Gasteiger partial charge in [0.05, 0.1) is 0 Å². The molecule has 6 aromatic rings. The Morgan fingerprint density at radius 1 is 0.328 bits per heavy atom. The molecule has 8 nitrogen and oxygen atoms in total. The van der Waals surface area contributed by atoms with Gasteiger partial charge >= 0.3 is 0 Å². The first-order valence-corrected chi connectivity index (χ1v) is 19.9. The van der Waals surface area contributed by atoms with Crippen molar-refractivity contribution < 1.29 is 39.4 Å². The van der Waals surface area contributed by atoms with E-state index < -0.39 is 12.2 Å². The van der Waals surface area contributed by atoms with Gasteiger partial charge < -0.3 is 39.4 Å². The fraction of sp³-hybridized carbons (Fsp3) is 0.280. The lowest BCUT2D eigenvalue weighted by molar-refractivity contribution is 0.0626. The van der Waals surface area contributed by atoms with Crippen LogP contribution in [0.15, 0.2) is 146 Å². The number of aliphatic hydroxyl groups is 2. The number of aliphatic hydroxyl groups excluding tert-OH is 2. The predicted octanol–water partition coefficient (Wildman–Crippen LogP) is 9.95. The van der Waals surface area contributed by atoms with Crippen LogP contribution in [0.2, 0.25) is 0 Å². The van der Waals surface area contributed by atoms with E-state index in [0.717, 1.165) is 22.3 Å². The van der Waals surface area contributed by atoms with Crippen molar-refractivity contribution in [2.45, 2.75) is 63.6 Å². The van der Waals surface area contributed by atoms with Crippen LogP contribution in [0.4, 0.5) is 0 Å². The average Bonchev–Trinajstić information content (AvgIpc) is 3.26. The van der Waals surface area contributed by atoms with Gasteiger partial charge in [0.1, 0.15) is 73.1 Å². The third-order valence-corrected chi connectivity index (χ3v) is 10.9. The maximum atomic E-state index is 10.5. The van der Waals surface area contributed by atoms with E-state index in [2.05, 4.69) is 52.0 Å². The molecule has 6 atom stereocenters. The van der Waals surface area contributed by atoms with Crippen LogP contribution in [0.25, 0.3) is 0 Å². The monoisotopic (exact) mass is 782 g/mol. The van der Waals surface area contributed by atoms with E-state index in [9.17, 15) is 20.4 Å². The number of ether oxygens (including phenoxy) is 4. The second-order valence-electron chi connectivity index (χ2n) is 15.0. The largest absolute Gasteiger partial charge is 0.508 e. The molecule has 0 saturated heterocycles. The topological polar surface area (TPSA) is 118 Å². The molecule has 6 unspecified atom stereocenters. The quantitative estimate of drug-likeness (QED) is 0.0642. The lowest BCUT2D eigenvalue weighted by Gasteiger charge is -2.22. The fourth-order valence-electron chi connectivity index (χ4n) is 6.79. The zero-order valence-corrected chi connectivity index (χ0v) is 33.6. The Labute approximate surface area is 341 Å². The first-order chi connectivity index (χ1) is 28.0. The zero-order valence-electron chi connectivity index (χ0n) is 33.6. The molecule has 302 valence electrons. The summed E-state index contributed by atoms with van der Waals surface area (Å²) in [5, 5.41) is 40.2. The van der Waals surface area contributed by atoms with Crippen molar-refractivity contribution in [2.24, 2.45) is 0 Å². The number of hydrogen-bond donors (Lipinski definition) is 4. The van der Waals surface area contributed by atoms with Crippen LogP contribution in [0, 0.1) is 0 Å². The highest BCUT2D eigenvalue weighted by Gasteiger charge is 2.18. The summed E-state index contributed by atoms with van der Waals surface area (Å²) in [6.45, 7) is 9.07. The molecule has 8 heteroatoms. The number of phenolic OH excluding ortho intramolecular Hbond substituents is 2. The first-order valence-electron chi connectivity index (χ1n) is 19.9. The highest BCUT2D eigenvalue weighted by atomic mass is 16.5. The summed E-state index contributed by atoms with van der Waals surface area (Å²) in [7, 11) is 0. The van der Waals surface area contributed by atoms with Crippen LogP contribution >= 0.6 is 0 Å². The molecule has 0 saturated carbocycles. The van der Waals surface area contributed by atoms with Crippen LogP contribution in [0.3, 0.4) is 0 Å². The third-order valence-electron chi connectivity index (χ3n) is 10.9. The van der Waals surface area contributed by atoms with Crippen molar-refractivity contribution >= 4 is 0 Å². The van der Waals surface area contributed by atoms with Crippen LogP contribution < -0.4 is 18.9 Å². The molecule has 0 aromatic heterocycles. The highest BCUT2D eigenvalue weighted by molar-refractivity contribution is 5.39. The molecule has 6 aromatic carbocycles. The Hall–Kier alpha value is -5.96. The van der Waals surface area contributed by atoms with Gasteiger partial charge in [-0.2, -0.15) is 0 Å². The molecule has 0 aliphatic carbocycles. The lowest BCUT2D eigenvalue weighted by atomic mass is 9.84. The molecule has 0 aliphatic heterocycles. The van der Waals surface area contributed by atoms with Gasteiger partial charge in [0.15, 0.2) is 0 Å². The maximum Gasteiger partial charge on any atom is 0.122 e. The summed E-state index contributed by atoms with van der Waals surface area (Å²) < 4.78 is 23.4. The molecule has 4 N–H and O–H groups in total. The van der Waals surface area contributed by atoms with Crippen LogP contribution in [-0.4, -0.2) is 59.1 Å². The lowest BCUT2D eigenvalue weighted by Crippen LogP contribution is -2.25. The van der Waals surface area contributed by atoms with Gasteiger partial charge in [-0.15, -0.1) is 0 Å². The molecular formula is C50H54O8. The first kappa shape index (κ1) is 41.7. The molecule has 58 heavy (non-hydrogen) atoms. The van der Waals surface area contributed by atoms with Gasteiger partial charge in [0, 0.05) is 11.8 Å². The highest BCUT2D eigenvalue weighted by Crippen LogP contribution is 2.34. The van der Waals surface area contributed by atoms with Gasteiger partial charge in [-0.3, -0.25) is 0 Å². The molecular weight excluding hydrogens is 729 g/mol. The minimum Gasteiger partial charge on any atom is -0.508 e. The standard InChI is InChI=1S/C50H54O8/c1-33(37-9-21-47(22-10-37)55-29-45(53)31-57-49-25-13-41(14-26-49)35(3)39-5-17-43(51)18-6-39)34(2)38-11-23-48(24-12-38)56-30-46(54)32-58-50-27-15-42(16-28-50)36(4)40-7-19-44(52)20-8-40/h5-28,33-36,45-46,51-54H,29-32H2,1-4H3. The summed E-state index contributed by atoms with van der Waals surface area (Å²) in [4.78, 5) is 0. The van der Waals surface area contributed by atoms with Crippen molar-refractivity contribution in [1.29, 1.82) is 0 Å². The molecule has 0 aliphatic rings. The smallest absolute Gasteiger partial charge is 0.122 e. The maximum absolute atomic E-state index is 10.5. The number of aromatic hydroxyl groups is 2. The summed E-state index contributed by atoms with van der Waals surface area (Å²) in [5.74, 6) is 4.02. The fourth-order valence-corrected chi connectivity index (χ4v) is 6.79. The normalized spacial score (nSPS) is 14.4. The van der Waals surface area contributed by atoms with E-state index in [0.29, 0.717) is 23.0 Å². The van der Waals surface area contributed by atoms with E-state index in [1.54, 1.807) is 24.3 Å². The molecule has 6 rings (SSSR count). The average molecular weight is 783 g/mol. The molecule has 0 radical (unpaired) electrons. The number of rotatable bonds is 19. The Bertz CT molecular complexity index is 1960. The van der Waals surface area contributed by atoms with Crippen LogP contribution in [-0.2, 0) is 0 Å². The Balaban J connectivity index is 0.887. The summed E-state index contributed by atoms with van der Waals surface area (Å²) in [6, 6.07) is 46.1. The predicted molar refractivity (Wildman–Crippen MR) is 228 cm³/mol. The molecule has 0 heterocycles. The van der Waals surface area contributed by atoms with Crippen LogP contribution in [0.1, 0.15) is 84.7 Å². The second-order valence-corrected chi connectivity index (χ2v) is 15.0. The minimum atomic E-state index is -0.797. The minimum absolute atomic E-state index is 0.108. The molecule has 0 fully saturated rings. The van der Waals surface area contributed by atoms with Crippen molar-refractivity contribution in [3.05, 3.63) is 179 Å². The van der Waals surface area contributed by atoms with Crippen molar-refractivity contribution in [1.82, 2.24) is 0 Å². The summed E-state index contributed by atoms with van der Waals surface area (Å²) >= 11 is 0. The second kappa shape index (κ2) is 19.9. The van der Waals surface area contributed by atoms with Gasteiger partial charge in [-0.05, 0) is 118 Å². The van der Waals surface area contributed by atoms with E-state index in [-0.39, 0.29) is 61.6 Å². The molecule has 0 bridgehead atoms.